The summed E-state index contributed by atoms with van der Waals surface area (Å²) in [7, 11) is 0. The van der Waals surface area contributed by atoms with E-state index < -0.39 is 0 Å². The van der Waals surface area contributed by atoms with Gasteiger partial charge in [0.25, 0.3) is 0 Å². The highest BCUT2D eigenvalue weighted by atomic mass is 35.5. The number of nitriles is 1. The van der Waals surface area contributed by atoms with Crippen molar-refractivity contribution in [3.63, 3.8) is 0 Å². The molecule has 0 saturated carbocycles. The van der Waals surface area contributed by atoms with Crippen LogP contribution in [0, 0.1) is 11.3 Å². The van der Waals surface area contributed by atoms with Gasteiger partial charge in [0, 0.05) is 5.02 Å². The fraction of sp³-hybridized carbons (Fsp3) is 0.273. The van der Waals surface area contributed by atoms with Gasteiger partial charge in [-0.3, -0.25) is 5.32 Å². The van der Waals surface area contributed by atoms with Crippen molar-refractivity contribution >= 4 is 17.3 Å². The van der Waals surface area contributed by atoms with E-state index in [0.29, 0.717) is 10.7 Å². The van der Waals surface area contributed by atoms with Crippen LogP contribution in [-0.4, -0.2) is 17.5 Å². The summed E-state index contributed by atoms with van der Waals surface area (Å²) in [6.45, 7) is 1.86. The Morgan fingerprint density at radius 3 is 2.69 bits per heavy atom. The lowest BCUT2D eigenvalue weighted by molar-refractivity contribution is 0.315. The predicted octanol–water partition coefficient (Wildman–Crippen LogP) is 2.34. The van der Waals surface area contributed by atoms with Crippen molar-refractivity contribution in [2.45, 2.75) is 13.0 Å². The molecule has 0 radical (unpaired) electrons. The van der Waals surface area contributed by atoms with Gasteiger partial charge in [0.1, 0.15) is 0 Å². The summed E-state index contributed by atoms with van der Waals surface area (Å²) < 4.78 is 0. The van der Waals surface area contributed by atoms with E-state index in [1.807, 2.05) is 18.2 Å². The topological polar surface area (TPSA) is 68.4 Å². The van der Waals surface area contributed by atoms with Crippen LogP contribution in [0.2, 0.25) is 5.02 Å². The van der Waals surface area contributed by atoms with Gasteiger partial charge >= 0.3 is 0 Å². The summed E-state index contributed by atoms with van der Waals surface area (Å²) in [5.74, 6) is 0. The van der Waals surface area contributed by atoms with Crippen LogP contribution in [0.5, 0.6) is 0 Å². The first-order valence-electron chi connectivity index (χ1n) is 4.73. The number of benzene rings is 1. The van der Waals surface area contributed by atoms with E-state index in [1.54, 1.807) is 19.1 Å². The van der Waals surface area contributed by atoms with Crippen molar-refractivity contribution in [3.05, 3.63) is 34.9 Å². The molecule has 1 rings (SSSR count). The Morgan fingerprint density at radius 1 is 1.56 bits per heavy atom. The molecule has 1 unspecified atom stereocenters. The molecule has 4 nitrogen and oxygen atoms in total. The fourth-order valence-electron chi connectivity index (χ4n) is 1.37. The first kappa shape index (κ1) is 12.5. The second-order valence-electron chi connectivity index (χ2n) is 3.26. The monoisotopic (exact) mass is 237 g/mol. The summed E-state index contributed by atoms with van der Waals surface area (Å²) in [5, 5.41) is 24.0. The van der Waals surface area contributed by atoms with E-state index in [4.69, 9.17) is 22.1 Å². The van der Waals surface area contributed by atoms with Gasteiger partial charge in [0.2, 0.25) is 0 Å². The van der Waals surface area contributed by atoms with Crippen LogP contribution in [0.4, 0.5) is 0 Å². The van der Waals surface area contributed by atoms with E-state index in [0.717, 1.165) is 5.56 Å². The first-order chi connectivity index (χ1) is 7.69. The van der Waals surface area contributed by atoms with Gasteiger partial charge in [-0.25, -0.2) is 0 Å². The summed E-state index contributed by atoms with van der Waals surface area (Å²) in [5.41, 5.74) is 1.40. The lowest BCUT2D eigenvalue weighted by Gasteiger charge is -2.16. The average molecular weight is 238 g/mol. The summed E-state index contributed by atoms with van der Waals surface area (Å²) in [6, 6.07) is 8.86. The van der Waals surface area contributed by atoms with Crippen molar-refractivity contribution in [3.8, 4) is 6.07 Å². The third kappa shape index (κ3) is 3.23. The van der Waals surface area contributed by atoms with Gasteiger partial charge < -0.3 is 5.21 Å². The molecule has 0 aromatic heterocycles. The molecule has 84 valence electrons. The van der Waals surface area contributed by atoms with E-state index in [1.165, 1.54) is 0 Å². The van der Waals surface area contributed by atoms with E-state index in [-0.39, 0.29) is 12.6 Å². The number of rotatable bonds is 4. The average Bonchev–Trinajstić information content (AvgIpc) is 2.31. The second-order valence-corrected chi connectivity index (χ2v) is 3.70. The van der Waals surface area contributed by atoms with Gasteiger partial charge in [0.05, 0.1) is 24.4 Å². The SMILES string of the molecule is CC(=NO)C(NCC#N)c1ccc(Cl)cc1. The number of hydrogen-bond donors (Lipinski definition) is 2. The molecule has 0 heterocycles. The molecule has 0 aliphatic heterocycles. The standard InChI is InChI=1S/C11H12ClN3O/c1-8(15-16)11(14-7-6-13)9-2-4-10(12)5-3-9/h2-5,11,14,16H,7H2,1H3. The van der Waals surface area contributed by atoms with Crippen LogP contribution in [0.1, 0.15) is 18.5 Å². The van der Waals surface area contributed by atoms with Gasteiger partial charge in [-0.05, 0) is 24.6 Å². The molecular weight excluding hydrogens is 226 g/mol. The van der Waals surface area contributed by atoms with Crippen LogP contribution >= 0.6 is 11.6 Å². The largest absolute Gasteiger partial charge is 0.411 e. The Labute approximate surface area is 99.1 Å². The van der Waals surface area contributed by atoms with Crippen molar-refractivity contribution < 1.29 is 5.21 Å². The van der Waals surface area contributed by atoms with Gasteiger partial charge in [-0.2, -0.15) is 5.26 Å². The van der Waals surface area contributed by atoms with Crippen LogP contribution in [0.25, 0.3) is 0 Å². The van der Waals surface area contributed by atoms with Crippen LogP contribution in [0.15, 0.2) is 29.4 Å². The number of nitrogens with one attached hydrogen (secondary N) is 1. The zero-order valence-corrected chi connectivity index (χ0v) is 9.57. The quantitative estimate of drug-likeness (QED) is 0.366. The third-order valence-corrected chi connectivity index (χ3v) is 2.42. The molecular formula is C11H12ClN3O. The molecule has 1 aromatic carbocycles. The minimum absolute atomic E-state index is 0.181. The second kappa shape index (κ2) is 6.11. The normalized spacial score (nSPS) is 13.2. The smallest absolute Gasteiger partial charge is 0.0848 e. The van der Waals surface area contributed by atoms with E-state index in [9.17, 15) is 0 Å². The number of oxime groups is 1. The van der Waals surface area contributed by atoms with Crippen molar-refractivity contribution in [2.24, 2.45) is 5.16 Å². The van der Waals surface area contributed by atoms with Crippen molar-refractivity contribution in [1.82, 2.24) is 5.32 Å². The molecule has 0 aliphatic carbocycles. The lowest BCUT2D eigenvalue weighted by atomic mass is 10.0. The molecule has 0 spiro atoms. The van der Waals surface area contributed by atoms with Crippen LogP contribution < -0.4 is 5.32 Å². The minimum atomic E-state index is -0.276. The maximum Gasteiger partial charge on any atom is 0.0848 e. The molecule has 1 aromatic rings. The molecule has 1 atom stereocenters. The van der Waals surface area contributed by atoms with Crippen molar-refractivity contribution in [1.29, 1.82) is 5.26 Å². The molecule has 0 fully saturated rings. The Morgan fingerprint density at radius 2 is 2.19 bits per heavy atom. The molecule has 0 saturated heterocycles. The molecule has 5 heteroatoms. The maximum atomic E-state index is 8.76. The zero-order valence-electron chi connectivity index (χ0n) is 8.81. The number of nitrogens with zero attached hydrogens (tertiary/aromatic N) is 2. The lowest BCUT2D eigenvalue weighted by Crippen LogP contribution is -2.27. The highest BCUT2D eigenvalue weighted by Crippen LogP contribution is 2.17. The summed E-state index contributed by atoms with van der Waals surface area (Å²) in [4.78, 5) is 0. The Bertz CT molecular complexity index is 408. The van der Waals surface area contributed by atoms with Crippen LogP contribution in [0.3, 0.4) is 0 Å². The molecule has 0 bridgehead atoms. The van der Waals surface area contributed by atoms with E-state index >= 15 is 0 Å². The Kier molecular flexibility index (Phi) is 4.77. The molecule has 0 amide bonds. The first-order valence-corrected chi connectivity index (χ1v) is 5.11. The van der Waals surface area contributed by atoms with Gasteiger partial charge in [0.15, 0.2) is 0 Å². The van der Waals surface area contributed by atoms with Gasteiger partial charge in [-0.1, -0.05) is 28.9 Å². The van der Waals surface area contributed by atoms with Crippen LogP contribution in [-0.2, 0) is 0 Å². The Balaban J connectivity index is 2.92. The number of halogens is 1. The minimum Gasteiger partial charge on any atom is -0.411 e. The molecule has 0 aliphatic rings. The summed E-state index contributed by atoms with van der Waals surface area (Å²) in [6.07, 6.45) is 0. The maximum absolute atomic E-state index is 8.76. The predicted molar refractivity (Wildman–Crippen MR) is 62.7 cm³/mol. The molecule has 16 heavy (non-hydrogen) atoms. The fourth-order valence-corrected chi connectivity index (χ4v) is 1.49. The third-order valence-electron chi connectivity index (χ3n) is 2.16. The Hall–Kier alpha value is -1.57. The highest BCUT2D eigenvalue weighted by molar-refractivity contribution is 6.30. The number of hydrogen-bond acceptors (Lipinski definition) is 4. The van der Waals surface area contributed by atoms with Gasteiger partial charge in [-0.15, -0.1) is 0 Å². The zero-order chi connectivity index (χ0) is 12.0. The van der Waals surface area contributed by atoms with E-state index in [2.05, 4.69) is 10.5 Å². The van der Waals surface area contributed by atoms with Crippen molar-refractivity contribution in [2.75, 3.05) is 6.54 Å². The summed E-state index contributed by atoms with van der Waals surface area (Å²) >= 11 is 5.78. The highest BCUT2D eigenvalue weighted by Gasteiger charge is 2.14. The molecule has 2 N–H and O–H groups in total.